The Bertz CT molecular complexity index is 977. The molecule has 1 aliphatic heterocycles. The fourth-order valence-corrected chi connectivity index (χ4v) is 4.81. The third-order valence-corrected chi connectivity index (χ3v) is 6.45. The van der Waals surface area contributed by atoms with E-state index in [0.29, 0.717) is 22.1 Å². The van der Waals surface area contributed by atoms with Gasteiger partial charge >= 0.3 is 0 Å². The second kappa shape index (κ2) is 6.62. The van der Waals surface area contributed by atoms with Crippen LogP contribution in [0.15, 0.2) is 40.6 Å². The van der Waals surface area contributed by atoms with Crippen LogP contribution >= 0.6 is 34.4 Å². The Kier molecular flexibility index (Phi) is 4.32. The van der Waals surface area contributed by atoms with Crippen LogP contribution in [0, 0.1) is 6.92 Å². The summed E-state index contributed by atoms with van der Waals surface area (Å²) < 4.78 is 0. The molecule has 0 spiro atoms. The van der Waals surface area contributed by atoms with Gasteiger partial charge in [-0.05, 0) is 37.3 Å². The monoisotopic (exact) mass is 387 g/mol. The second-order valence-electron chi connectivity index (χ2n) is 5.45. The van der Waals surface area contributed by atoms with E-state index in [9.17, 15) is 9.59 Å². The highest BCUT2D eigenvalue weighted by molar-refractivity contribution is 8.00. The molecule has 0 fully saturated rings. The van der Waals surface area contributed by atoms with Crippen molar-refractivity contribution in [3.05, 3.63) is 46.2 Å². The Labute approximate surface area is 156 Å². The molecule has 0 saturated heterocycles. The zero-order valence-corrected chi connectivity index (χ0v) is 15.6. The van der Waals surface area contributed by atoms with Crippen molar-refractivity contribution >= 4 is 57.1 Å². The number of carbonyl (C=O) groups excluding carboxylic acids is 2. The van der Waals surface area contributed by atoms with Crippen LogP contribution in [0.25, 0.3) is 10.6 Å². The van der Waals surface area contributed by atoms with Crippen LogP contribution in [-0.4, -0.2) is 22.6 Å². The van der Waals surface area contributed by atoms with Gasteiger partial charge in [0.2, 0.25) is 5.91 Å². The average Bonchev–Trinajstić information content (AvgIpc) is 3.23. The molecule has 2 N–H and O–H groups in total. The SMILES string of the molecule is Cc1ccc(-c2csc(NC(=O)c3ccc4c(c3)NC(=O)CS4)n2)s1. The van der Waals surface area contributed by atoms with Crippen molar-refractivity contribution in [3.63, 3.8) is 0 Å². The zero-order chi connectivity index (χ0) is 17.4. The Morgan fingerprint density at radius 2 is 2.16 bits per heavy atom. The van der Waals surface area contributed by atoms with Crippen LogP contribution in [0.4, 0.5) is 10.8 Å². The van der Waals surface area contributed by atoms with Crippen LogP contribution in [-0.2, 0) is 4.79 Å². The minimum Gasteiger partial charge on any atom is -0.324 e. The van der Waals surface area contributed by atoms with Crippen LogP contribution in [0.2, 0.25) is 0 Å². The summed E-state index contributed by atoms with van der Waals surface area (Å²) in [5.74, 6) is 0.115. The largest absolute Gasteiger partial charge is 0.324 e. The van der Waals surface area contributed by atoms with Crippen molar-refractivity contribution < 1.29 is 9.59 Å². The molecule has 25 heavy (non-hydrogen) atoms. The Morgan fingerprint density at radius 1 is 1.28 bits per heavy atom. The summed E-state index contributed by atoms with van der Waals surface area (Å²) >= 11 is 4.54. The van der Waals surface area contributed by atoms with Crippen molar-refractivity contribution in [1.29, 1.82) is 0 Å². The number of amides is 2. The normalized spacial score (nSPS) is 13.2. The quantitative estimate of drug-likeness (QED) is 0.695. The Balaban J connectivity index is 1.52. The van der Waals surface area contributed by atoms with Crippen molar-refractivity contribution in [3.8, 4) is 10.6 Å². The molecule has 0 saturated carbocycles. The highest BCUT2D eigenvalue weighted by Gasteiger charge is 2.18. The summed E-state index contributed by atoms with van der Waals surface area (Å²) in [6.45, 7) is 2.05. The van der Waals surface area contributed by atoms with Gasteiger partial charge < -0.3 is 5.32 Å². The number of hydrogen-bond acceptors (Lipinski definition) is 6. The lowest BCUT2D eigenvalue weighted by atomic mass is 10.2. The number of thioether (sulfide) groups is 1. The standard InChI is InChI=1S/C17H13N3O2S3/c1-9-2-4-14(25-9)12-7-24-17(19-12)20-16(22)10-3-5-13-11(6-10)18-15(21)8-23-13/h2-7H,8H2,1H3,(H,18,21)(H,19,20,22). The molecule has 0 radical (unpaired) electrons. The molecule has 126 valence electrons. The molecular weight excluding hydrogens is 374 g/mol. The zero-order valence-electron chi connectivity index (χ0n) is 13.2. The predicted molar refractivity (Wildman–Crippen MR) is 104 cm³/mol. The van der Waals surface area contributed by atoms with Crippen molar-refractivity contribution in [1.82, 2.24) is 4.98 Å². The number of anilines is 2. The lowest BCUT2D eigenvalue weighted by Crippen LogP contribution is -2.19. The third kappa shape index (κ3) is 3.46. The third-order valence-electron chi connectivity index (χ3n) is 3.59. The maximum Gasteiger partial charge on any atom is 0.257 e. The molecular formula is C17H13N3O2S3. The number of nitrogens with one attached hydrogen (secondary N) is 2. The number of thiophene rings is 1. The fourth-order valence-electron chi connectivity index (χ4n) is 2.41. The molecule has 8 heteroatoms. The number of thiazole rings is 1. The van der Waals surface area contributed by atoms with E-state index in [0.717, 1.165) is 15.5 Å². The molecule has 3 heterocycles. The lowest BCUT2D eigenvalue weighted by Gasteiger charge is -2.16. The number of aryl methyl sites for hydroxylation is 1. The van der Waals surface area contributed by atoms with Gasteiger partial charge in [-0.2, -0.15) is 0 Å². The van der Waals surface area contributed by atoms with Crippen LogP contribution < -0.4 is 10.6 Å². The summed E-state index contributed by atoms with van der Waals surface area (Å²) in [5.41, 5.74) is 2.04. The first-order valence-electron chi connectivity index (χ1n) is 7.49. The second-order valence-corrected chi connectivity index (χ2v) is 8.61. The highest BCUT2D eigenvalue weighted by atomic mass is 32.2. The van der Waals surface area contributed by atoms with Gasteiger partial charge in [-0.15, -0.1) is 34.4 Å². The molecule has 2 amide bonds. The minimum absolute atomic E-state index is 0.0501. The van der Waals surface area contributed by atoms with Crippen molar-refractivity contribution in [2.24, 2.45) is 0 Å². The summed E-state index contributed by atoms with van der Waals surface area (Å²) in [5, 5.41) is 8.12. The minimum atomic E-state index is -0.240. The number of carbonyl (C=O) groups is 2. The summed E-state index contributed by atoms with van der Waals surface area (Å²) in [6, 6.07) is 9.40. The van der Waals surface area contributed by atoms with Crippen molar-refractivity contribution in [2.75, 3.05) is 16.4 Å². The van der Waals surface area contributed by atoms with Gasteiger partial charge in [-0.25, -0.2) is 4.98 Å². The first-order valence-corrected chi connectivity index (χ1v) is 10.2. The van der Waals surface area contributed by atoms with Gasteiger partial charge in [-0.1, -0.05) is 0 Å². The summed E-state index contributed by atoms with van der Waals surface area (Å²) in [6.07, 6.45) is 0. The fraction of sp³-hybridized carbons (Fsp3) is 0.118. The number of benzene rings is 1. The molecule has 0 aliphatic carbocycles. The molecule has 5 nitrogen and oxygen atoms in total. The average molecular weight is 388 g/mol. The van der Waals surface area contributed by atoms with Gasteiger partial charge in [0.05, 0.1) is 22.0 Å². The topological polar surface area (TPSA) is 71.1 Å². The van der Waals surface area contributed by atoms with E-state index in [1.165, 1.54) is 28.0 Å². The van der Waals surface area contributed by atoms with E-state index < -0.39 is 0 Å². The smallest absolute Gasteiger partial charge is 0.257 e. The number of fused-ring (bicyclic) bond motifs is 1. The van der Waals surface area contributed by atoms with Crippen molar-refractivity contribution in [2.45, 2.75) is 11.8 Å². The van der Waals surface area contributed by atoms with E-state index in [1.54, 1.807) is 23.5 Å². The van der Waals surface area contributed by atoms with Crippen LogP contribution in [0.5, 0.6) is 0 Å². The van der Waals surface area contributed by atoms with Crippen LogP contribution in [0.1, 0.15) is 15.2 Å². The van der Waals surface area contributed by atoms with Gasteiger partial charge in [0.15, 0.2) is 5.13 Å². The molecule has 1 aromatic carbocycles. The Morgan fingerprint density at radius 3 is 2.96 bits per heavy atom. The lowest BCUT2D eigenvalue weighted by molar-refractivity contribution is -0.113. The van der Waals surface area contributed by atoms with Gasteiger partial charge in [0.1, 0.15) is 0 Å². The van der Waals surface area contributed by atoms with Gasteiger partial charge in [0.25, 0.3) is 5.91 Å². The predicted octanol–water partition coefficient (Wildman–Crippen LogP) is 4.48. The maximum absolute atomic E-state index is 12.5. The van der Waals surface area contributed by atoms with E-state index in [2.05, 4.69) is 28.6 Å². The van der Waals surface area contributed by atoms with E-state index in [-0.39, 0.29) is 11.8 Å². The molecule has 3 aromatic rings. The molecule has 4 rings (SSSR count). The highest BCUT2D eigenvalue weighted by Crippen LogP contribution is 2.33. The van der Waals surface area contributed by atoms with Gasteiger partial charge in [0, 0.05) is 20.7 Å². The molecule has 0 bridgehead atoms. The molecule has 0 unspecified atom stereocenters. The molecule has 0 atom stereocenters. The van der Waals surface area contributed by atoms with Gasteiger partial charge in [-0.3, -0.25) is 14.9 Å². The number of rotatable bonds is 3. The Hall–Kier alpha value is -2.16. The summed E-state index contributed by atoms with van der Waals surface area (Å²) in [4.78, 5) is 31.7. The number of aromatic nitrogens is 1. The first kappa shape index (κ1) is 16.3. The van der Waals surface area contributed by atoms with E-state index in [1.807, 2.05) is 17.5 Å². The number of hydrogen-bond donors (Lipinski definition) is 2. The maximum atomic E-state index is 12.5. The van der Waals surface area contributed by atoms with E-state index >= 15 is 0 Å². The molecule has 1 aliphatic rings. The molecule has 2 aromatic heterocycles. The first-order chi connectivity index (χ1) is 12.1. The van der Waals surface area contributed by atoms with E-state index in [4.69, 9.17) is 0 Å². The van der Waals surface area contributed by atoms with Crippen LogP contribution in [0.3, 0.4) is 0 Å². The summed E-state index contributed by atoms with van der Waals surface area (Å²) in [7, 11) is 0. The number of nitrogens with zero attached hydrogens (tertiary/aromatic N) is 1.